The Kier molecular flexibility index (Phi) is 6.57. The molecule has 0 saturated carbocycles. The molecule has 2 aliphatic heterocycles. The van der Waals surface area contributed by atoms with E-state index >= 15 is 0 Å². The average molecular weight is 479 g/mol. The molecule has 4 heterocycles. The summed E-state index contributed by atoms with van der Waals surface area (Å²) in [6, 6.07) is 2.19. The number of hydrogen-bond acceptors (Lipinski definition) is 6. The molecule has 2 aromatic rings. The van der Waals surface area contributed by atoms with Gasteiger partial charge in [0.05, 0.1) is 31.0 Å². The number of aromatic nitrogens is 3. The van der Waals surface area contributed by atoms with E-state index in [9.17, 15) is 18.0 Å². The van der Waals surface area contributed by atoms with Crippen molar-refractivity contribution in [1.82, 2.24) is 19.7 Å². The number of morpholine rings is 1. The van der Waals surface area contributed by atoms with Gasteiger partial charge in [0.2, 0.25) is 0 Å². The topological polar surface area (TPSA) is 66.7 Å². The molecule has 0 radical (unpaired) electrons. The molecule has 2 aromatic heterocycles. The monoisotopic (exact) mass is 478 g/mol. The fourth-order valence-electron chi connectivity index (χ4n) is 4.16. The first-order valence-corrected chi connectivity index (χ1v) is 11.3. The van der Waals surface area contributed by atoms with E-state index in [1.54, 1.807) is 24.2 Å². The van der Waals surface area contributed by atoms with Crippen LogP contribution in [0.25, 0.3) is 0 Å². The van der Waals surface area contributed by atoms with Gasteiger partial charge in [-0.15, -0.1) is 0 Å². The molecule has 184 valence electrons. The second kappa shape index (κ2) is 9.28. The molecule has 0 spiro atoms. The van der Waals surface area contributed by atoms with E-state index in [4.69, 9.17) is 4.74 Å². The van der Waals surface area contributed by atoms with Crippen molar-refractivity contribution in [3.05, 3.63) is 47.6 Å². The maximum absolute atomic E-state index is 13.7. The fraction of sp³-hybridized carbons (Fsp3) is 0.522. The standard InChI is InChI=1S/C23H29F3N6O2/c1-15(2)31-13-18(9-27-31)12-29-10-16(3)32(22(33)14-29)21-8-19(23(24,25)26)7-20(28-21)30-5-6-34-17(4)11-30/h7-10,13,15,17H,5-6,11-12,14H2,1-4H3/t17-/m1/s1. The summed E-state index contributed by atoms with van der Waals surface area (Å²) in [6.07, 6.45) is 0.759. The predicted octanol–water partition coefficient (Wildman–Crippen LogP) is 3.81. The van der Waals surface area contributed by atoms with Crippen LogP contribution < -0.4 is 9.80 Å². The van der Waals surface area contributed by atoms with E-state index in [-0.39, 0.29) is 36.2 Å². The summed E-state index contributed by atoms with van der Waals surface area (Å²) in [6.45, 7) is 9.35. The van der Waals surface area contributed by atoms with Gasteiger partial charge in [-0.1, -0.05) is 0 Å². The van der Waals surface area contributed by atoms with Gasteiger partial charge in [0.25, 0.3) is 5.91 Å². The van der Waals surface area contributed by atoms with Crippen LogP contribution in [0.15, 0.2) is 36.4 Å². The van der Waals surface area contributed by atoms with Gasteiger partial charge in [-0.05, 0) is 39.8 Å². The lowest BCUT2D eigenvalue weighted by molar-refractivity contribution is -0.137. The summed E-state index contributed by atoms with van der Waals surface area (Å²) in [5, 5.41) is 4.32. The van der Waals surface area contributed by atoms with Crippen LogP contribution in [0.3, 0.4) is 0 Å². The van der Waals surface area contributed by atoms with E-state index < -0.39 is 11.7 Å². The second-order valence-electron chi connectivity index (χ2n) is 9.02. The zero-order chi connectivity index (χ0) is 24.6. The first-order chi connectivity index (χ1) is 16.0. The normalized spacial score (nSPS) is 19.8. The maximum Gasteiger partial charge on any atom is 0.416 e. The summed E-state index contributed by atoms with van der Waals surface area (Å²) in [5.41, 5.74) is 0.608. The summed E-state index contributed by atoms with van der Waals surface area (Å²) >= 11 is 0. The fourth-order valence-corrected chi connectivity index (χ4v) is 4.16. The Labute approximate surface area is 196 Å². The molecular formula is C23H29F3N6O2. The van der Waals surface area contributed by atoms with Crippen molar-refractivity contribution < 1.29 is 22.7 Å². The van der Waals surface area contributed by atoms with Gasteiger partial charge >= 0.3 is 6.18 Å². The summed E-state index contributed by atoms with van der Waals surface area (Å²) in [5.74, 6) is -0.191. The number of pyridine rings is 1. The highest BCUT2D eigenvalue weighted by atomic mass is 19.4. The number of halogens is 3. The van der Waals surface area contributed by atoms with Gasteiger partial charge in [0.1, 0.15) is 11.6 Å². The molecule has 0 aromatic carbocycles. The molecule has 0 unspecified atom stereocenters. The number of allylic oxidation sites excluding steroid dienone is 1. The molecule has 1 amide bonds. The molecule has 0 N–H and O–H groups in total. The SMILES string of the molecule is CC1=CN(Cc2cnn(C(C)C)c2)CC(=O)N1c1cc(C(F)(F)F)cc(N2CCO[C@H](C)C2)n1. The molecule has 0 bridgehead atoms. The van der Waals surface area contributed by atoms with Crippen LogP contribution in [-0.2, 0) is 22.3 Å². The van der Waals surface area contributed by atoms with Crippen LogP contribution >= 0.6 is 0 Å². The molecule has 1 saturated heterocycles. The van der Waals surface area contributed by atoms with Gasteiger partial charge < -0.3 is 14.5 Å². The van der Waals surface area contributed by atoms with Crippen LogP contribution in [0.2, 0.25) is 0 Å². The molecule has 2 aliphatic rings. The van der Waals surface area contributed by atoms with Crippen molar-refractivity contribution in [2.24, 2.45) is 0 Å². The molecule has 34 heavy (non-hydrogen) atoms. The first-order valence-electron chi connectivity index (χ1n) is 11.3. The van der Waals surface area contributed by atoms with Crippen molar-refractivity contribution in [1.29, 1.82) is 0 Å². The van der Waals surface area contributed by atoms with E-state index in [0.29, 0.717) is 31.9 Å². The summed E-state index contributed by atoms with van der Waals surface area (Å²) in [7, 11) is 0. The molecule has 4 rings (SSSR count). The number of hydrogen-bond donors (Lipinski definition) is 0. The third-order valence-corrected chi connectivity index (χ3v) is 5.80. The van der Waals surface area contributed by atoms with E-state index in [1.165, 1.54) is 4.90 Å². The zero-order valence-electron chi connectivity index (χ0n) is 19.7. The highest BCUT2D eigenvalue weighted by Crippen LogP contribution is 2.35. The molecule has 0 aliphatic carbocycles. The number of rotatable bonds is 5. The first kappa shape index (κ1) is 24.1. The van der Waals surface area contributed by atoms with Gasteiger partial charge in [-0.3, -0.25) is 14.4 Å². The molecule has 1 fully saturated rings. The highest BCUT2D eigenvalue weighted by Gasteiger charge is 2.35. The Balaban J connectivity index is 1.62. The van der Waals surface area contributed by atoms with Crippen LogP contribution in [0.1, 0.15) is 44.9 Å². The minimum Gasteiger partial charge on any atom is -0.375 e. The van der Waals surface area contributed by atoms with Crippen molar-refractivity contribution in [2.75, 3.05) is 36.0 Å². The van der Waals surface area contributed by atoms with E-state index in [2.05, 4.69) is 10.1 Å². The smallest absolute Gasteiger partial charge is 0.375 e. The van der Waals surface area contributed by atoms with Crippen LogP contribution in [0.4, 0.5) is 24.8 Å². The van der Waals surface area contributed by atoms with Gasteiger partial charge in [-0.25, -0.2) is 4.98 Å². The number of amides is 1. The van der Waals surface area contributed by atoms with Crippen molar-refractivity contribution >= 4 is 17.5 Å². The minimum atomic E-state index is -4.57. The summed E-state index contributed by atoms with van der Waals surface area (Å²) < 4.78 is 48.5. The number of anilines is 2. The van der Waals surface area contributed by atoms with Crippen LogP contribution in [0.5, 0.6) is 0 Å². The molecule has 1 atom stereocenters. The Morgan fingerprint density at radius 3 is 2.59 bits per heavy atom. The van der Waals surface area contributed by atoms with Crippen molar-refractivity contribution in [2.45, 2.75) is 52.6 Å². The third kappa shape index (κ3) is 5.19. The molecule has 11 heteroatoms. The molecular weight excluding hydrogens is 449 g/mol. The lowest BCUT2D eigenvalue weighted by Crippen LogP contribution is -2.44. The number of alkyl halides is 3. The Hall–Kier alpha value is -3.08. The van der Waals surface area contributed by atoms with E-state index in [1.807, 2.05) is 36.5 Å². The zero-order valence-corrected chi connectivity index (χ0v) is 19.7. The van der Waals surface area contributed by atoms with Crippen molar-refractivity contribution in [3.8, 4) is 0 Å². The lowest BCUT2D eigenvalue weighted by Gasteiger charge is -2.35. The third-order valence-electron chi connectivity index (χ3n) is 5.80. The van der Waals surface area contributed by atoms with Crippen LogP contribution in [-0.4, -0.2) is 57.9 Å². The highest BCUT2D eigenvalue weighted by molar-refractivity contribution is 5.98. The van der Waals surface area contributed by atoms with Gasteiger partial charge in [-0.2, -0.15) is 18.3 Å². The molecule has 8 nitrogen and oxygen atoms in total. The minimum absolute atomic E-state index is 0.0199. The Bertz CT molecular complexity index is 1080. The van der Waals surface area contributed by atoms with Crippen molar-refractivity contribution in [3.63, 3.8) is 0 Å². The van der Waals surface area contributed by atoms with Gasteiger partial charge in [0, 0.05) is 49.3 Å². The number of carbonyl (C=O) groups excluding carboxylic acids is 1. The quantitative estimate of drug-likeness (QED) is 0.651. The number of carbonyl (C=O) groups is 1. The Morgan fingerprint density at radius 1 is 1.24 bits per heavy atom. The largest absolute Gasteiger partial charge is 0.416 e. The van der Waals surface area contributed by atoms with Crippen LogP contribution in [0, 0.1) is 0 Å². The number of nitrogens with zero attached hydrogens (tertiary/aromatic N) is 6. The van der Waals surface area contributed by atoms with E-state index in [0.717, 1.165) is 17.7 Å². The maximum atomic E-state index is 13.7. The Morgan fingerprint density at radius 2 is 1.97 bits per heavy atom. The summed E-state index contributed by atoms with van der Waals surface area (Å²) in [4.78, 5) is 22.4. The predicted molar refractivity (Wildman–Crippen MR) is 121 cm³/mol. The second-order valence-corrected chi connectivity index (χ2v) is 9.02. The average Bonchev–Trinajstić information content (AvgIpc) is 3.21. The van der Waals surface area contributed by atoms with Gasteiger partial charge in [0.15, 0.2) is 0 Å². The lowest BCUT2D eigenvalue weighted by atomic mass is 10.2. The number of ether oxygens (including phenoxy) is 1.